The molecule has 1 heterocycles. The third-order valence-electron chi connectivity index (χ3n) is 4.73. The summed E-state index contributed by atoms with van der Waals surface area (Å²) in [6, 6.07) is 6.09. The zero-order valence-electron chi connectivity index (χ0n) is 16.4. The highest BCUT2D eigenvalue weighted by Gasteiger charge is 2.21. The van der Waals surface area contributed by atoms with E-state index >= 15 is 0 Å². The normalized spacial score (nSPS) is 17.5. The monoisotopic (exact) mass is 494 g/mol. The zero-order valence-corrected chi connectivity index (χ0v) is 19.6. The molecule has 0 bridgehead atoms. The van der Waals surface area contributed by atoms with Gasteiger partial charge in [-0.15, -0.1) is 10.2 Å². The molecule has 29 heavy (non-hydrogen) atoms. The van der Waals surface area contributed by atoms with E-state index in [4.69, 9.17) is 11.6 Å². The van der Waals surface area contributed by atoms with Gasteiger partial charge in [-0.05, 0) is 54.7 Å². The van der Waals surface area contributed by atoms with E-state index in [9.17, 15) is 5.11 Å². The lowest BCUT2D eigenvalue weighted by Gasteiger charge is -2.21. The fourth-order valence-corrected chi connectivity index (χ4v) is 4.66. The van der Waals surface area contributed by atoms with Crippen molar-refractivity contribution in [1.82, 2.24) is 20.1 Å². The minimum atomic E-state index is -1.000. The average Bonchev–Trinajstić information content (AvgIpc) is 3.12. The van der Waals surface area contributed by atoms with Crippen LogP contribution in [0.1, 0.15) is 43.4 Å². The Hall–Kier alpha value is -1.54. The van der Waals surface area contributed by atoms with Crippen molar-refractivity contribution in [2.24, 2.45) is 0 Å². The Balaban J connectivity index is 1.75. The Kier molecular flexibility index (Phi) is 7.62. The van der Waals surface area contributed by atoms with E-state index in [1.54, 1.807) is 10.8 Å². The van der Waals surface area contributed by atoms with E-state index in [2.05, 4.69) is 57.1 Å². The first-order chi connectivity index (χ1) is 13.9. The van der Waals surface area contributed by atoms with Crippen LogP contribution >= 0.6 is 39.3 Å². The number of hydrogen-bond acceptors (Lipinski definition) is 5. The van der Waals surface area contributed by atoms with Crippen molar-refractivity contribution in [3.63, 3.8) is 0 Å². The smallest absolute Gasteiger partial charge is 0.195 e. The number of benzene rings is 1. The molecule has 154 valence electrons. The van der Waals surface area contributed by atoms with Crippen molar-refractivity contribution in [2.45, 2.75) is 48.7 Å². The van der Waals surface area contributed by atoms with Gasteiger partial charge in [0.25, 0.3) is 0 Å². The van der Waals surface area contributed by atoms with Gasteiger partial charge in [-0.25, -0.2) is 0 Å². The van der Waals surface area contributed by atoms with Crippen LogP contribution in [0.2, 0.25) is 5.02 Å². The van der Waals surface area contributed by atoms with Crippen LogP contribution in [0.15, 0.2) is 53.4 Å². The molecule has 0 aliphatic heterocycles. The lowest BCUT2D eigenvalue weighted by Crippen LogP contribution is -2.25. The second-order valence-electron chi connectivity index (χ2n) is 6.75. The summed E-state index contributed by atoms with van der Waals surface area (Å²) in [5.41, 5.74) is 4.34. The molecule has 1 aromatic heterocycles. The van der Waals surface area contributed by atoms with Gasteiger partial charge in [0, 0.05) is 27.5 Å². The van der Waals surface area contributed by atoms with Crippen LogP contribution in [-0.2, 0) is 12.2 Å². The van der Waals surface area contributed by atoms with Crippen LogP contribution in [0, 0.1) is 0 Å². The molecule has 0 saturated carbocycles. The number of alkyl halides is 1. The topological polar surface area (TPSA) is 63.0 Å². The van der Waals surface area contributed by atoms with Crippen LogP contribution in [0.25, 0.3) is 6.20 Å². The fraction of sp³-hybridized carbons (Fsp3) is 0.333. The largest absolute Gasteiger partial charge is 0.367 e. The zero-order chi connectivity index (χ0) is 21.0. The molecule has 2 atom stereocenters. The van der Waals surface area contributed by atoms with Crippen molar-refractivity contribution in [3.8, 4) is 0 Å². The molecular weight excluding hydrogens is 472 g/mol. The summed E-state index contributed by atoms with van der Waals surface area (Å²) in [7, 11) is 0. The molecular formula is C21H24BrClN4OS. The molecule has 2 unspecified atom stereocenters. The third-order valence-corrected chi connectivity index (χ3v) is 7.02. The molecule has 5 nitrogen and oxygen atoms in total. The predicted octanol–water partition coefficient (Wildman–Crippen LogP) is 5.46. The van der Waals surface area contributed by atoms with Crippen molar-refractivity contribution in [3.05, 3.63) is 70.2 Å². The van der Waals surface area contributed by atoms with E-state index in [1.807, 2.05) is 25.1 Å². The van der Waals surface area contributed by atoms with Crippen molar-refractivity contribution >= 4 is 45.5 Å². The molecule has 8 heteroatoms. The molecule has 2 aromatic rings. The lowest BCUT2D eigenvalue weighted by atomic mass is 10.0. The van der Waals surface area contributed by atoms with Gasteiger partial charge in [0.2, 0.25) is 0 Å². The molecule has 0 radical (unpaired) electrons. The maximum absolute atomic E-state index is 10.7. The van der Waals surface area contributed by atoms with Crippen molar-refractivity contribution < 1.29 is 5.11 Å². The molecule has 1 aromatic carbocycles. The molecule has 0 amide bonds. The summed E-state index contributed by atoms with van der Waals surface area (Å²) >= 11 is 11.4. The molecule has 0 saturated heterocycles. The van der Waals surface area contributed by atoms with Gasteiger partial charge < -0.3 is 10.4 Å². The average molecular weight is 496 g/mol. The van der Waals surface area contributed by atoms with Gasteiger partial charge in [-0.2, -0.15) is 0 Å². The number of nitrogens with zero attached hydrogens (tertiary/aromatic N) is 3. The molecule has 1 aliphatic rings. The number of nitrogens with one attached hydrogen (secondary N) is 1. The van der Waals surface area contributed by atoms with Gasteiger partial charge in [0.15, 0.2) is 17.2 Å². The summed E-state index contributed by atoms with van der Waals surface area (Å²) in [5.74, 6) is 1.09. The maximum Gasteiger partial charge on any atom is 0.195 e. The van der Waals surface area contributed by atoms with E-state index in [1.165, 1.54) is 17.3 Å². The third kappa shape index (κ3) is 5.34. The highest BCUT2D eigenvalue weighted by molar-refractivity contribution is 9.09. The maximum atomic E-state index is 10.7. The minimum absolute atomic E-state index is 0.260. The molecule has 0 fully saturated rings. The van der Waals surface area contributed by atoms with E-state index in [0.717, 1.165) is 34.7 Å². The van der Waals surface area contributed by atoms with E-state index < -0.39 is 6.23 Å². The van der Waals surface area contributed by atoms with E-state index in [0.29, 0.717) is 16.7 Å². The van der Waals surface area contributed by atoms with Gasteiger partial charge in [0.05, 0.1) is 0 Å². The number of aromatic nitrogens is 3. The Morgan fingerprint density at radius 1 is 1.41 bits per heavy atom. The van der Waals surface area contributed by atoms with Crippen molar-refractivity contribution in [2.75, 3.05) is 0 Å². The molecule has 2 N–H and O–H groups in total. The first kappa shape index (κ1) is 22.2. The Labute approximate surface area is 189 Å². The van der Waals surface area contributed by atoms with Gasteiger partial charge in [0.1, 0.15) is 0 Å². The quantitative estimate of drug-likeness (QED) is 0.289. The number of aryl methyl sites for hydroxylation is 1. The predicted molar refractivity (Wildman–Crippen MR) is 124 cm³/mol. The van der Waals surface area contributed by atoms with Crippen LogP contribution in [0.3, 0.4) is 0 Å². The molecule has 0 spiro atoms. The van der Waals surface area contributed by atoms with Crippen molar-refractivity contribution in [1.29, 1.82) is 0 Å². The van der Waals surface area contributed by atoms with Crippen LogP contribution in [0.4, 0.5) is 0 Å². The summed E-state index contributed by atoms with van der Waals surface area (Å²) in [6.45, 7) is 7.99. The van der Waals surface area contributed by atoms with E-state index in [-0.39, 0.29) is 4.83 Å². The number of aliphatic hydroxyl groups is 1. The Morgan fingerprint density at radius 3 is 2.90 bits per heavy atom. The summed E-state index contributed by atoms with van der Waals surface area (Å²) < 4.78 is 1.71. The Bertz CT molecular complexity index is 956. The standard InChI is InChI=1S/C21H24BrClN4OS/c1-4-14-9-15(11-16(23)10-14)12-29-21-26-25-19(27(21)5-2)20(28)24-18-8-6-7-17(22)13(18)3/h5-6,8-11,17,20,24,28H,2,4,7,12H2,1,3H3. The van der Waals surface area contributed by atoms with Crippen LogP contribution in [-0.4, -0.2) is 24.7 Å². The number of halogens is 2. The van der Waals surface area contributed by atoms with Crippen LogP contribution < -0.4 is 5.32 Å². The van der Waals surface area contributed by atoms with Gasteiger partial charge >= 0.3 is 0 Å². The fourth-order valence-electron chi connectivity index (χ4n) is 3.05. The summed E-state index contributed by atoms with van der Waals surface area (Å²) in [5, 5.41) is 23.6. The highest BCUT2D eigenvalue weighted by atomic mass is 79.9. The summed E-state index contributed by atoms with van der Waals surface area (Å²) in [6.07, 6.45) is 6.52. The highest BCUT2D eigenvalue weighted by Crippen LogP contribution is 2.28. The number of thioether (sulfide) groups is 1. The van der Waals surface area contributed by atoms with Gasteiger partial charge in [-0.3, -0.25) is 4.57 Å². The van der Waals surface area contributed by atoms with Gasteiger partial charge in [-0.1, -0.05) is 64.9 Å². The number of aliphatic hydroxyl groups excluding tert-OH is 1. The lowest BCUT2D eigenvalue weighted by molar-refractivity contribution is 0.140. The second-order valence-corrected chi connectivity index (χ2v) is 9.24. The second kappa shape index (κ2) is 9.98. The first-order valence-electron chi connectivity index (χ1n) is 9.37. The molecule has 1 aliphatic carbocycles. The minimum Gasteiger partial charge on any atom is -0.367 e. The Morgan fingerprint density at radius 2 is 2.17 bits per heavy atom. The summed E-state index contributed by atoms with van der Waals surface area (Å²) in [4.78, 5) is 0.260. The first-order valence-corrected chi connectivity index (χ1v) is 11.6. The number of hydrogen-bond donors (Lipinski definition) is 2. The number of allylic oxidation sites excluding steroid dienone is 3. The SMILES string of the molecule is C=Cn1c(SCc2cc(Cl)cc(CC)c2)nnc1C(O)NC1=C(C)C(Br)CC=C1. The molecule has 3 rings (SSSR count). The number of rotatable bonds is 8. The van der Waals surface area contributed by atoms with Crippen LogP contribution in [0.5, 0.6) is 0 Å².